The highest BCUT2D eigenvalue weighted by Crippen LogP contribution is 2.44. The molecular weight excluding hydrogens is 354 g/mol. The van der Waals surface area contributed by atoms with Gasteiger partial charge in [-0.1, -0.05) is 69.3 Å². The van der Waals surface area contributed by atoms with Crippen LogP contribution in [-0.2, 0) is 9.53 Å². The summed E-state index contributed by atoms with van der Waals surface area (Å²) in [6.45, 7) is 5.92. The first-order valence-electron chi connectivity index (χ1n) is 9.73. The molecule has 5 heteroatoms. The molecule has 0 aromatic heterocycles. The summed E-state index contributed by atoms with van der Waals surface area (Å²) >= 11 is 0. The molecule has 0 aliphatic heterocycles. The lowest BCUT2D eigenvalue weighted by molar-refractivity contribution is -0.139. The molecule has 1 amide bonds. The fourth-order valence-electron chi connectivity index (χ4n) is 4.12. The molecule has 0 fully saturated rings. The Labute approximate surface area is 165 Å². The van der Waals surface area contributed by atoms with Crippen molar-refractivity contribution in [2.75, 3.05) is 6.61 Å². The number of carboxylic acids is 1. The number of carbonyl (C=O) groups excluding carboxylic acids is 1. The predicted octanol–water partition coefficient (Wildman–Crippen LogP) is 4.80. The minimum atomic E-state index is -0.936. The molecule has 2 aromatic carbocycles. The summed E-state index contributed by atoms with van der Waals surface area (Å²) < 4.78 is 5.59. The molecule has 1 unspecified atom stereocenters. The van der Waals surface area contributed by atoms with Crippen LogP contribution in [0, 0.1) is 5.92 Å². The summed E-state index contributed by atoms with van der Waals surface area (Å²) in [5, 5.41) is 12.1. The Balaban J connectivity index is 1.75. The van der Waals surface area contributed by atoms with Crippen molar-refractivity contribution in [1.82, 2.24) is 5.32 Å². The van der Waals surface area contributed by atoms with Crippen molar-refractivity contribution in [1.29, 1.82) is 0 Å². The van der Waals surface area contributed by atoms with Gasteiger partial charge in [-0.25, -0.2) is 4.79 Å². The van der Waals surface area contributed by atoms with E-state index in [1.807, 2.05) is 45.0 Å². The first-order chi connectivity index (χ1) is 13.4. The number of amides is 1. The largest absolute Gasteiger partial charge is 0.481 e. The first-order valence-corrected chi connectivity index (χ1v) is 9.73. The van der Waals surface area contributed by atoms with Crippen molar-refractivity contribution in [3.05, 3.63) is 59.7 Å². The molecule has 1 atom stereocenters. The van der Waals surface area contributed by atoms with E-state index in [4.69, 9.17) is 4.74 Å². The minimum absolute atomic E-state index is 0.0206. The monoisotopic (exact) mass is 381 g/mol. The number of carboxylic acid groups (broad SMARTS) is 1. The molecule has 2 N–H and O–H groups in total. The van der Waals surface area contributed by atoms with E-state index in [9.17, 15) is 14.7 Å². The van der Waals surface area contributed by atoms with Gasteiger partial charge in [0.05, 0.1) is 12.0 Å². The van der Waals surface area contributed by atoms with Crippen LogP contribution in [0.25, 0.3) is 11.1 Å². The molecule has 0 spiro atoms. The lowest BCUT2D eigenvalue weighted by Crippen LogP contribution is -2.53. The van der Waals surface area contributed by atoms with Gasteiger partial charge in [0.1, 0.15) is 6.61 Å². The second kappa shape index (κ2) is 8.05. The Hall–Kier alpha value is -2.82. The quantitative estimate of drug-likeness (QED) is 0.722. The SMILES string of the molecule is CCC(CC(=O)O)(NC(=O)OCC1c2ccccc2-c2ccccc21)C(C)C. The number of aliphatic carboxylic acids is 1. The number of carbonyl (C=O) groups is 2. The Morgan fingerprint density at radius 3 is 2.07 bits per heavy atom. The zero-order chi connectivity index (χ0) is 20.3. The number of alkyl carbamates (subject to hydrolysis) is 1. The van der Waals surface area contributed by atoms with E-state index in [1.165, 1.54) is 11.1 Å². The Bertz CT molecular complexity index is 831. The van der Waals surface area contributed by atoms with E-state index in [0.29, 0.717) is 6.42 Å². The highest BCUT2D eigenvalue weighted by atomic mass is 16.5. The van der Waals surface area contributed by atoms with Crippen LogP contribution in [0.15, 0.2) is 48.5 Å². The van der Waals surface area contributed by atoms with E-state index in [2.05, 4.69) is 29.6 Å². The average Bonchev–Trinajstić information content (AvgIpc) is 2.99. The topological polar surface area (TPSA) is 75.6 Å². The average molecular weight is 381 g/mol. The maximum Gasteiger partial charge on any atom is 0.407 e. The molecule has 1 aliphatic rings. The van der Waals surface area contributed by atoms with Crippen LogP contribution in [0.2, 0.25) is 0 Å². The van der Waals surface area contributed by atoms with Crippen LogP contribution in [0.3, 0.4) is 0 Å². The van der Waals surface area contributed by atoms with Gasteiger partial charge >= 0.3 is 12.1 Å². The molecule has 0 saturated carbocycles. The number of benzene rings is 2. The minimum Gasteiger partial charge on any atom is -0.481 e. The number of fused-ring (bicyclic) bond motifs is 3. The van der Waals surface area contributed by atoms with Crippen molar-refractivity contribution in [2.45, 2.75) is 45.1 Å². The van der Waals surface area contributed by atoms with Crippen molar-refractivity contribution in [3.8, 4) is 11.1 Å². The fraction of sp³-hybridized carbons (Fsp3) is 0.391. The molecule has 148 valence electrons. The molecule has 0 radical (unpaired) electrons. The summed E-state index contributed by atoms with van der Waals surface area (Å²) in [5.41, 5.74) is 3.81. The van der Waals surface area contributed by atoms with Gasteiger partial charge in [-0.3, -0.25) is 4.79 Å². The van der Waals surface area contributed by atoms with E-state index in [-0.39, 0.29) is 24.9 Å². The van der Waals surface area contributed by atoms with Crippen LogP contribution in [0.1, 0.15) is 50.7 Å². The van der Waals surface area contributed by atoms with Gasteiger partial charge in [0.2, 0.25) is 0 Å². The van der Waals surface area contributed by atoms with Gasteiger partial charge in [0, 0.05) is 5.92 Å². The third-order valence-electron chi connectivity index (χ3n) is 5.90. The van der Waals surface area contributed by atoms with Gasteiger partial charge in [0.15, 0.2) is 0 Å². The fourth-order valence-corrected chi connectivity index (χ4v) is 4.12. The van der Waals surface area contributed by atoms with E-state index in [1.54, 1.807) is 0 Å². The lowest BCUT2D eigenvalue weighted by atomic mass is 9.81. The van der Waals surface area contributed by atoms with E-state index in [0.717, 1.165) is 11.1 Å². The van der Waals surface area contributed by atoms with Crippen molar-refractivity contribution in [2.24, 2.45) is 5.92 Å². The van der Waals surface area contributed by atoms with Crippen LogP contribution < -0.4 is 5.32 Å². The molecule has 1 aliphatic carbocycles. The third kappa shape index (κ3) is 3.75. The normalized spacial score (nSPS) is 14.9. The molecule has 2 aromatic rings. The van der Waals surface area contributed by atoms with Crippen LogP contribution in [0.4, 0.5) is 4.79 Å². The van der Waals surface area contributed by atoms with Crippen LogP contribution in [0.5, 0.6) is 0 Å². The van der Waals surface area contributed by atoms with Crippen molar-refractivity contribution >= 4 is 12.1 Å². The van der Waals surface area contributed by atoms with Crippen molar-refractivity contribution < 1.29 is 19.4 Å². The van der Waals surface area contributed by atoms with Crippen LogP contribution in [-0.4, -0.2) is 29.3 Å². The molecule has 0 saturated heterocycles. The summed E-state index contributed by atoms with van der Waals surface area (Å²) in [6, 6.07) is 16.3. The number of hydrogen-bond acceptors (Lipinski definition) is 3. The Morgan fingerprint density at radius 2 is 1.61 bits per heavy atom. The zero-order valence-electron chi connectivity index (χ0n) is 16.6. The number of ether oxygens (including phenoxy) is 1. The summed E-state index contributed by atoms with van der Waals surface area (Å²) in [6.07, 6.45) is -0.189. The van der Waals surface area contributed by atoms with Gasteiger partial charge < -0.3 is 15.2 Å². The van der Waals surface area contributed by atoms with Crippen molar-refractivity contribution in [3.63, 3.8) is 0 Å². The molecule has 5 nitrogen and oxygen atoms in total. The smallest absolute Gasteiger partial charge is 0.407 e. The van der Waals surface area contributed by atoms with Gasteiger partial charge in [-0.05, 0) is 34.6 Å². The summed E-state index contributed by atoms with van der Waals surface area (Å²) in [7, 11) is 0. The molecule has 3 rings (SSSR count). The summed E-state index contributed by atoms with van der Waals surface area (Å²) in [5.74, 6) is -0.990. The first kappa shape index (κ1) is 19.9. The Kier molecular flexibility index (Phi) is 5.73. The molecule has 0 heterocycles. The van der Waals surface area contributed by atoms with E-state index < -0.39 is 17.6 Å². The maximum atomic E-state index is 12.6. The zero-order valence-corrected chi connectivity index (χ0v) is 16.6. The Morgan fingerprint density at radius 1 is 1.07 bits per heavy atom. The highest BCUT2D eigenvalue weighted by Gasteiger charge is 2.37. The molecule has 28 heavy (non-hydrogen) atoms. The van der Waals surface area contributed by atoms with E-state index >= 15 is 0 Å². The lowest BCUT2D eigenvalue weighted by Gasteiger charge is -2.36. The predicted molar refractivity (Wildman–Crippen MR) is 108 cm³/mol. The van der Waals surface area contributed by atoms with Crippen LogP contribution >= 0.6 is 0 Å². The van der Waals surface area contributed by atoms with Gasteiger partial charge in [-0.2, -0.15) is 0 Å². The summed E-state index contributed by atoms with van der Waals surface area (Å²) in [4.78, 5) is 23.9. The molecule has 0 bridgehead atoms. The second-order valence-corrected chi connectivity index (χ2v) is 7.69. The molecular formula is C23H27NO4. The number of hydrogen-bond donors (Lipinski definition) is 2. The van der Waals surface area contributed by atoms with Gasteiger partial charge in [0.25, 0.3) is 0 Å². The standard InChI is InChI=1S/C23H27NO4/c1-4-23(15(2)3,13-21(25)26)24-22(27)28-14-20-18-11-7-5-9-16(18)17-10-6-8-12-19(17)20/h5-12,15,20H,4,13-14H2,1-3H3,(H,24,27)(H,25,26). The highest BCUT2D eigenvalue weighted by molar-refractivity contribution is 5.79. The number of nitrogens with one attached hydrogen (secondary N) is 1. The van der Waals surface area contributed by atoms with Gasteiger partial charge in [-0.15, -0.1) is 0 Å². The second-order valence-electron chi connectivity index (χ2n) is 7.69. The number of rotatable bonds is 7. The maximum absolute atomic E-state index is 12.6. The third-order valence-corrected chi connectivity index (χ3v) is 5.90.